The number of hydrogen-bond acceptors (Lipinski definition) is 4. The van der Waals surface area contributed by atoms with Crippen LogP contribution in [0.25, 0.3) is 22.3 Å². The third kappa shape index (κ3) is 3.31. The summed E-state index contributed by atoms with van der Waals surface area (Å²) in [7, 11) is 0. The van der Waals surface area contributed by atoms with Gasteiger partial charge < -0.3 is 10.0 Å². The Morgan fingerprint density at radius 2 is 1.79 bits per heavy atom. The molecule has 0 aliphatic carbocycles. The molecule has 5 nitrogen and oxygen atoms in total. The van der Waals surface area contributed by atoms with Crippen LogP contribution in [0.1, 0.15) is 21.5 Å². The highest BCUT2D eigenvalue weighted by Crippen LogP contribution is 2.28. The van der Waals surface area contributed by atoms with Crippen molar-refractivity contribution in [1.82, 2.24) is 9.97 Å². The SMILES string of the molecule is O=C(O)c1ccc2nc(-c3cccc(N4CCc5ccccc5C4)c3)cnc2c1. The number of aromatic nitrogens is 2. The van der Waals surface area contributed by atoms with Gasteiger partial charge in [-0.3, -0.25) is 4.98 Å². The molecule has 0 saturated heterocycles. The van der Waals surface area contributed by atoms with Gasteiger partial charge >= 0.3 is 5.97 Å². The van der Waals surface area contributed by atoms with Crippen molar-refractivity contribution in [3.05, 3.63) is 89.6 Å². The zero-order valence-corrected chi connectivity index (χ0v) is 15.7. The molecule has 1 aliphatic rings. The van der Waals surface area contributed by atoms with Crippen LogP contribution in [-0.4, -0.2) is 27.6 Å². The quantitative estimate of drug-likeness (QED) is 0.564. The maximum atomic E-state index is 11.1. The highest BCUT2D eigenvalue weighted by molar-refractivity contribution is 5.92. The molecule has 0 amide bonds. The fraction of sp³-hybridized carbons (Fsp3) is 0.125. The van der Waals surface area contributed by atoms with Crippen molar-refractivity contribution in [2.75, 3.05) is 11.4 Å². The largest absolute Gasteiger partial charge is 0.478 e. The molecule has 0 atom stereocenters. The molecule has 142 valence electrons. The van der Waals surface area contributed by atoms with Crippen LogP contribution in [0.5, 0.6) is 0 Å². The van der Waals surface area contributed by atoms with E-state index < -0.39 is 5.97 Å². The number of carboxylic acid groups (broad SMARTS) is 1. The molecule has 4 aromatic rings. The number of aromatic carboxylic acids is 1. The summed E-state index contributed by atoms with van der Waals surface area (Å²) in [6.07, 6.45) is 2.75. The Morgan fingerprint density at radius 3 is 2.66 bits per heavy atom. The number of carboxylic acids is 1. The monoisotopic (exact) mass is 381 g/mol. The summed E-state index contributed by atoms with van der Waals surface area (Å²) in [5, 5.41) is 9.14. The average molecular weight is 381 g/mol. The molecule has 0 unspecified atom stereocenters. The van der Waals surface area contributed by atoms with Crippen molar-refractivity contribution in [2.24, 2.45) is 0 Å². The molecule has 29 heavy (non-hydrogen) atoms. The minimum atomic E-state index is -0.964. The summed E-state index contributed by atoms with van der Waals surface area (Å²) in [5.74, 6) is -0.964. The number of fused-ring (bicyclic) bond motifs is 2. The van der Waals surface area contributed by atoms with E-state index in [1.807, 2.05) is 12.1 Å². The van der Waals surface area contributed by atoms with E-state index in [-0.39, 0.29) is 5.56 Å². The van der Waals surface area contributed by atoms with Crippen LogP contribution < -0.4 is 4.90 Å². The van der Waals surface area contributed by atoms with Gasteiger partial charge in [0, 0.05) is 24.3 Å². The van der Waals surface area contributed by atoms with Gasteiger partial charge in [0.1, 0.15) is 0 Å². The first-order valence-electron chi connectivity index (χ1n) is 9.60. The van der Waals surface area contributed by atoms with E-state index in [2.05, 4.69) is 46.3 Å². The number of hydrogen-bond donors (Lipinski definition) is 1. The lowest BCUT2D eigenvalue weighted by molar-refractivity contribution is 0.0697. The van der Waals surface area contributed by atoms with Crippen molar-refractivity contribution in [1.29, 1.82) is 0 Å². The van der Waals surface area contributed by atoms with Crippen LogP contribution in [0.4, 0.5) is 5.69 Å². The fourth-order valence-corrected chi connectivity index (χ4v) is 3.86. The lowest BCUT2D eigenvalue weighted by Gasteiger charge is -2.31. The Bertz CT molecular complexity index is 1240. The Morgan fingerprint density at radius 1 is 0.931 bits per heavy atom. The number of rotatable bonds is 3. The van der Waals surface area contributed by atoms with Gasteiger partial charge in [-0.25, -0.2) is 9.78 Å². The Hall–Kier alpha value is -3.73. The van der Waals surface area contributed by atoms with Crippen molar-refractivity contribution < 1.29 is 9.90 Å². The van der Waals surface area contributed by atoms with E-state index in [1.54, 1.807) is 24.4 Å². The molecule has 2 heterocycles. The average Bonchev–Trinajstić information content (AvgIpc) is 2.78. The molecule has 0 fully saturated rings. The lowest BCUT2D eigenvalue weighted by Crippen LogP contribution is -2.30. The summed E-state index contributed by atoms with van der Waals surface area (Å²) in [6, 6.07) is 21.8. The molecule has 1 aromatic heterocycles. The van der Waals surface area contributed by atoms with Gasteiger partial charge in [0.25, 0.3) is 0 Å². The van der Waals surface area contributed by atoms with Crippen molar-refractivity contribution in [3.63, 3.8) is 0 Å². The van der Waals surface area contributed by atoms with Gasteiger partial charge in [0.05, 0.1) is 28.5 Å². The number of benzene rings is 3. The second kappa shape index (κ2) is 7.02. The lowest BCUT2D eigenvalue weighted by atomic mass is 9.99. The van der Waals surface area contributed by atoms with E-state index in [0.29, 0.717) is 11.0 Å². The molecular weight excluding hydrogens is 362 g/mol. The molecule has 1 aliphatic heterocycles. The Labute approximate surface area is 168 Å². The van der Waals surface area contributed by atoms with Crippen molar-refractivity contribution in [2.45, 2.75) is 13.0 Å². The predicted molar refractivity (Wildman–Crippen MR) is 113 cm³/mol. The van der Waals surface area contributed by atoms with E-state index in [9.17, 15) is 4.79 Å². The zero-order chi connectivity index (χ0) is 19.8. The minimum Gasteiger partial charge on any atom is -0.478 e. The summed E-state index contributed by atoms with van der Waals surface area (Å²) in [5.41, 5.74) is 7.23. The first-order chi connectivity index (χ1) is 14.2. The highest BCUT2D eigenvalue weighted by atomic mass is 16.4. The summed E-state index contributed by atoms with van der Waals surface area (Å²) >= 11 is 0. The second-order valence-corrected chi connectivity index (χ2v) is 7.25. The standard InChI is InChI=1S/C24H19N3O2/c28-24(29)18-8-9-21-22(13-18)25-14-23(26-21)17-6-3-7-20(12-17)27-11-10-16-4-1-2-5-19(16)15-27/h1-9,12-14H,10-11,15H2,(H,28,29). The second-order valence-electron chi connectivity index (χ2n) is 7.25. The Kier molecular flexibility index (Phi) is 4.21. The van der Waals surface area contributed by atoms with Crippen molar-refractivity contribution in [3.8, 4) is 11.3 Å². The van der Waals surface area contributed by atoms with Gasteiger partial charge in [-0.1, -0.05) is 36.4 Å². The van der Waals surface area contributed by atoms with Gasteiger partial charge in [-0.15, -0.1) is 0 Å². The molecule has 5 rings (SSSR count). The fourth-order valence-electron chi connectivity index (χ4n) is 3.86. The van der Waals surface area contributed by atoms with Gasteiger partial charge in [-0.2, -0.15) is 0 Å². The summed E-state index contributed by atoms with van der Waals surface area (Å²) in [4.78, 5) is 22.7. The third-order valence-corrected chi connectivity index (χ3v) is 5.43. The van der Waals surface area contributed by atoms with Gasteiger partial charge in [0.2, 0.25) is 0 Å². The number of nitrogens with zero attached hydrogens (tertiary/aromatic N) is 3. The number of anilines is 1. The molecule has 0 radical (unpaired) electrons. The maximum absolute atomic E-state index is 11.1. The van der Waals surface area contributed by atoms with Crippen molar-refractivity contribution >= 4 is 22.7 Å². The maximum Gasteiger partial charge on any atom is 0.335 e. The first-order valence-corrected chi connectivity index (χ1v) is 9.60. The van der Waals surface area contributed by atoms with E-state index in [0.717, 1.165) is 30.8 Å². The zero-order valence-electron chi connectivity index (χ0n) is 15.7. The van der Waals surface area contributed by atoms with E-state index in [1.165, 1.54) is 16.8 Å². The molecule has 0 spiro atoms. The van der Waals surface area contributed by atoms with Crippen LogP contribution in [0.2, 0.25) is 0 Å². The molecule has 0 saturated carbocycles. The third-order valence-electron chi connectivity index (χ3n) is 5.43. The minimum absolute atomic E-state index is 0.215. The topological polar surface area (TPSA) is 66.3 Å². The van der Waals surface area contributed by atoms with E-state index in [4.69, 9.17) is 10.1 Å². The van der Waals surface area contributed by atoms with Gasteiger partial charge in [-0.05, 0) is 47.9 Å². The van der Waals surface area contributed by atoms with Crippen LogP contribution in [0.15, 0.2) is 72.9 Å². The van der Waals surface area contributed by atoms with Crippen LogP contribution >= 0.6 is 0 Å². The summed E-state index contributed by atoms with van der Waals surface area (Å²) in [6.45, 7) is 1.89. The smallest absolute Gasteiger partial charge is 0.335 e. The first kappa shape index (κ1) is 17.4. The van der Waals surface area contributed by atoms with E-state index >= 15 is 0 Å². The highest BCUT2D eigenvalue weighted by Gasteiger charge is 2.16. The summed E-state index contributed by atoms with van der Waals surface area (Å²) < 4.78 is 0. The van der Waals surface area contributed by atoms with Gasteiger partial charge in [0.15, 0.2) is 0 Å². The predicted octanol–water partition coefficient (Wildman–Crippen LogP) is 4.56. The molecule has 3 aromatic carbocycles. The number of carbonyl (C=O) groups is 1. The molecule has 0 bridgehead atoms. The molecule has 5 heteroatoms. The molecular formula is C24H19N3O2. The van der Waals surface area contributed by atoms with Crippen LogP contribution in [0.3, 0.4) is 0 Å². The molecule has 1 N–H and O–H groups in total. The normalized spacial score (nSPS) is 13.3. The Balaban J connectivity index is 1.47. The van der Waals surface area contributed by atoms with Crippen LogP contribution in [-0.2, 0) is 13.0 Å². The van der Waals surface area contributed by atoms with Crippen LogP contribution in [0, 0.1) is 0 Å².